The molecule has 0 N–H and O–H groups in total. The third-order valence-corrected chi connectivity index (χ3v) is 9.04. The minimum atomic E-state index is 0.213. The lowest BCUT2D eigenvalue weighted by Crippen LogP contribution is -2.48. The van der Waals surface area contributed by atoms with E-state index in [4.69, 9.17) is 18.9 Å². The Morgan fingerprint density at radius 2 is 1.00 bits per heavy atom. The first-order chi connectivity index (χ1) is 20.1. The summed E-state index contributed by atoms with van der Waals surface area (Å²) in [6.45, 7) is 8.76. The minimum absolute atomic E-state index is 0.213. The van der Waals surface area contributed by atoms with Crippen LogP contribution in [0, 0.1) is 0 Å². The maximum Gasteiger partial charge on any atom is 0.231 e. The van der Waals surface area contributed by atoms with Crippen LogP contribution >= 0.6 is 11.8 Å². The maximum absolute atomic E-state index is 12.7. The molecule has 10 nitrogen and oxygen atoms in total. The highest BCUT2D eigenvalue weighted by atomic mass is 32.2. The second kappa shape index (κ2) is 13.2. The van der Waals surface area contributed by atoms with Gasteiger partial charge in [-0.15, -0.1) is 0 Å². The molecule has 2 aromatic rings. The van der Waals surface area contributed by atoms with E-state index in [-0.39, 0.29) is 25.4 Å². The largest absolute Gasteiger partial charge is 0.454 e. The summed E-state index contributed by atoms with van der Waals surface area (Å²) < 4.78 is 21.8. The Hall–Kier alpha value is -3.15. The van der Waals surface area contributed by atoms with E-state index in [1.807, 2.05) is 34.1 Å². The summed E-state index contributed by atoms with van der Waals surface area (Å²) in [6, 6.07) is 12.2. The molecule has 0 aliphatic carbocycles. The van der Waals surface area contributed by atoms with Gasteiger partial charge >= 0.3 is 0 Å². The average molecular weight is 583 g/mol. The van der Waals surface area contributed by atoms with Crippen molar-refractivity contribution in [3.05, 3.63) is 47.5 Å². The first-order valence-electron chi connectivity index (χ1n) is 14.5. The molecule has 0 spiro atoms. The number of hydrogen-bond donors (Lipinski definition) is 0. The van der Waals surface area contributed by atoms with E-state index >= 15 is 0 Å². The third kappa shape index (κ3) is 7.20. The number of amides is 2. The van der Waals surface area contributed by atoms with Crippen molar-refractivity contribution >= 4 is 23.6 Å². The molecule has 0 saturated carbocycles. The zero-order valence-corrected chi connectivity index (χ0v) is 24.2. The fourth-order valence-electron chi connectivity index (χ4n) is 5.64. The van der Waals surface area contributed by atoms with Gasteiger partial charge in [0.15, 0.2) is 23.0 Å². The Labute approximate surface area is 245 Å². The second-order valence-corrected chi connectivity index (χ2v) is 12.0. The van der Waals surface area contributed by atoms with E-state index in [1.165, 1.54) is 11.1 Å². The molecule has 4 aliphatic rings. The quantitative estimate of drug-likeness (QED) is 0.393. The SMILES string of the molecule is O=C(CCSCCC(=O)N1CCN(Cc2ccc3c(c2)OCO3)CC1)N1CCN(Cc2ccc3c(c2)OCO3)CC1. The number of thioether (sulfide) groups is 1. The van der Waals surface area contributed by atoms with Gasteiger partial charge in [0, 0.05) is 89.8 Å². The summed E-state index contributed by atoms with van der Waals surface area (Å²) in [5, 5.41) is 0. The molecule has 0 radical (unpaired) electrons. The lowest BCUT2D eigenvalue weighted by Gasteiger charge is -2.35. The van der Waals surface area contributed by atoms with Gasteiger partial charge in [0.05, 0.1) is 0 Å². The molecule has 4 heterocycles. The van der Waals surface area contributed by atoms with Crippen LogP contribution < -0.4 is 18.9 Å². The number of nitrogens with zero attached hydrogens (tertiary/aromatic N) is 4. The number of rotatable bonds is 10. The van der Waals surface area contributed by atoms with Crippen LogP contribution in [0.25, 0.3) is 0 Å². The first-order valence-corrected chi connectivity index (χ1v) is 15.6. The molecule has 11 heteroatoms. The Bertz CT molecular complexity index is 1140. The Morgan fingerprint density at radius 3 is 1.44 bits per heavy atom. The van der Waals surface area contributed by atoms with Crippen molar-refractivity contribution in [1.82, 2.24) is 19.6 Å². The molecule has 2 saturated heterocycles. The van der Waals surface area contributed by atoms with Crippen LogP contribution in [0.4, 0.5) is 0 Å². The number of fused-ring (bicyclic) bond motifs is 2. The van der Waals surface area contributed by atoms with Crippen molar-refractivity contribution in [1.29, 1.82) is 0 Å². The highest BCUT2D eigenvalue weighted by Gasteiger charge is 2.24. The maximum atomic E-state index is 12.7. The van der Waals surface area contributed by atoms with Crippen LogP contribution in [0.3, 0.4) is 0 Å². The Kier molecular flexibility index (Phi) is 9.03. The van der Waals surface area contributed by atoms with Gasteiger partial charge in [0.25, 0.3) is 0 Å². The van der Waals surface area contributed by atoms with E-state index in [2.05, 4.69) is 21.9 Å². The molecule has 41 heavy (non-hydrogen) atoms. The summed E-state index contributed by atoms with van der Waals surface area (Å²) in [6.07, 6.45) is 1.05. The predicted octanol–water partition coefficient (Wildman–Crippen LogP) is 2.65. The molecule has 0 atom stereocenters. The summed E-state index contributed by atoms with van der Waals surface area (Å²) in [7, 11) is 0. The average Bonchev–Trinajstić information content (AvgIpc) is 3.66. The van der Waals surface area contributed by atoms with Crippen LogP contribution in [0.2, 0.25) is 0 Å². The highest BCUT2D eigenvalue weighted by molar-refractivity contribution is 7.99. The molecule has 2 aromatic carbocycles. The molecule has 0 bridgehead atoms. The second-order valence-electron chi connectivity index (χ2n) is 10.8. The smallest absolute Gasteiger partial charge is 0.231 e. The number of benzene rings is 2. The number of piperazine rings is 2. The molecule has 4 aliphatic heterocycles. The van der Waals surface area contributed by atoms with Crippen LogP contribution in [0.5, 0.6) is 23.0 Å². The van der Waals surface area contributed by atoms with Crippen molar-refractivity contribution in [2.24, 2.45) is 0 Å². The number of hydrogen-bond acceptors (Lipinski definition) is 9. The van der Waals surface area contributed by atoms with Gasteiger partial charge < -0.3 is 28.7 Å². The topological polar surface area (TPSA) is 84.0 Å². The third-order valence-electron chi connectivity index (χ3n) is 8.06. The molecular formula is C30H38N4O6S. The van der Waals surface area contributed by atoms with Crippen molar-refractivity contribution in [2.45, 2.75) is 25.9 Å². The summed E-state index contributed by atoms with van der Waals surface area (Å²) in [5.74, 6) is 5.17. The lowest BCUT2D eigenvalue weighted by atomic mass is 10.1. The van der Waals surface area contributed by atoms with Crippen molar-refractivity contribution < 1.29 is 28.5 Å². The lowest BCUT2D eigenvalue weighted by molar-refractivity contribution is -0.133. The van der Waals surface area contributed by atoms with Gasteiger partial charge in [0.1, 0.15) is 0 Å². The number of ether oxygens (including phenoxy) is 4. The van der Waals surface area contributed by atoms with E-state index in [9.17, 15) is 9.59 Å². The van der Waals surface area contributed by atoms with E-state index in [1.54, 1.807) is 11.8 Å². The van der Waals surface area contributed by atoms with Gasteiger partial charge in [-0.3, -0.25) is 19.4 Å². The van der Waals surface area contributed by atoms with Crippen molar-refractivity contribution in [2.75, 3.05) is 77.4 Å². The first kappa shape index (κ1) is 28.0. The van der Waals surface area contributed by atoms with Gasteiger partial charge in [-0.25, -0.2) is 0 Å². The van der Waals surface area contributed by atoms with Crippen LogP contribution in [-0.4, -0.2) is 109 Å². The van der Waals surface area contributed by atoms with Gasteiger partial charge in [-0.2, -0.15) is 11.8 Å². The number of carbonyl (C=O) groups excluding carboxylic acids is 2. The van der Waals surface area contributed by atoms with E-state index in [0.717, 1.165) is 100.0 Å². The molecule has 2 fully saturated rings. The van der Waals surface area contributed by atoms with Crippen LogP contribution in [-0.2, 0) is 22.7 Å². The highest BCUT2D eigenvalue weighted by Crippen LogP contribution is 2.34. The summed E-state index contributed by atoms with van der Waals surface area (Å²) in [4.78, 5) is 34.1. The van der Waals surface area contributed by atoms with Gasteiger partial charge in [0.2, 0.25) is 25.4 Å². The van der Waals surface area contributed by atoms with Crippen LogP contribution in [0.15, 0.2) is 36.4 Å². The minimum Gasteiger partial charge on any atom is -0.454 e. The molecular weight excluding hydrogens is 544 g/mol. The fourth-order valence-corrected chi connectivity index (χ4v) is 6.49. The van der Waals surface area contributed by atoms with Gasteiger partial charge in [-0.1, -0.05) is 12.1 Å². The normalized spacial score (nSPS) is 18.6. The zero-order chi connectivity index (χ0) is 28.0. The summed E-state index contributed by atoms with van der Waals surface area (Å²) in [5.41, 5.74) is 2.39. The predicted molar refractivity (Wildman–Crippen MR) is 155 cm³/mol. The van der Waals surface area contributed by atoms with E-state index < -0.39 is 0 Å². The monoisotopic (exact) mass is 582 g/mol. The zero-order valence-electron chi connectivity index (χ0n) is 23.4. The van der Waals surface area contributed by atoms with Crippen LogP contribution in [0.1, 0.15) is 24.0 Å². The fraction of sp³-hybridized carbons (Fsp3) is 0.533. The summed E-state index contributed by atoms with van der Waals surface area (Å²) >= 11 is 1.70. The number of carbonyl (C=O) groups is 2. The van der Waals surface area contributed by atoms with Gasteiger partial charge in [-0.05, 0) is 35.4 Å². The molecule has 220 valence electrons. The Morgan fingerprint density at radius 1 is 0.585 bits per heavy atom. The molecule has 2 amide bonds. The van der Waals surface area contributed by atoms with Crippen molar-refractivity contribution in [3.8, 4) is 23.0 Å². The molecule has 0 unspecified atom stereocenters. The van der Waals surface area contributed by atoms with Crippen molar-refractivity contribution in [3.63, 3.8) is 0 Å². The molecule has 6 rings (SSSR count). The molecule has 0 aromatic heterocycles. The Balaban J connectivity index is 0.819. The standard InChI is InChI=1S/C30H38N4O6S/c35-29(33-11-7-31(8-12-33)19-23-1-3-25-27(17-23)39-21-37-25)5-15-41-16-6-30(36)34-13-9-32(10-14-34)20-24-2-4-26-28(18-24)40-22-38-26/h1-4,17-18H,5-16,19-22H2. The van der Waals surface area contributed by atoms with E-state index in [0.29, 0.717) is 12.8 Å².